The molecule has 4 nitrogen and oxygen atoms in total. The van der Waals surface area contributed by atoms with Gasteiger partial charge in [0.05, 0.1) is 21.7 Å². The molecule has 1 N–H and O–H groups in total. The Labute approximate surface area is 190 Å². The Bertz CT molecular complexity index is 1100. The summed E-state index contributed by atoms with van der Waals surface area (Å²) in [5, 5.41) is 18.5. The van der Waals surface area contributed by atoms with Gasteiger partial charge in [0, 0.05) is 3.57 Å². The summed E-state index contributed by atoms with van der Waals surface area (Å²) in [6.07, 6.45) is 1.75. The molecule has 0 unspecified atom stereocenters. The maximum absolute atomic E-state index is 11.0. The fraction of sp³-hybridized carbons (Fsp3) is 0.0435. The van der Waals surface area contributed by atoms with Crippen LogP contribution in [-0.4, -0.2) is 11.1 Å². The minimum Gasteiger partial charge on any atom is -0.488 e. The zero-order valence-corrected chi connectivity index (χ0v) is 18.8. The van der Waals surface area contributed by atoms with Crippen molar-refractivity contribution in [3.8, 4) is 11.8 Å². The van der Waals surface area contributed by atoms with E-state index in [2.05, 4.69) is 44.6 Å². The van der Waals surface area contributed by atoms with Crippen molar-refractivity contribution >= 4 is 56.1 Å². The SMILES string of the molecule is N#C/C(=C/c1ccc(OCc2ccc(I)cc2)c(Br)c1)c1ccc(C(=O)O)cc1. The first-order valence-electron chi connectivity index (χ1n) is 8.58. The minimum absolute atomic E-state index is 0.184. The van der Waals surface area contributed by atoms with Crippen molar-refractivity contribution in [3.05, 3.63) is 97.0 Å². The van der Waals surface area contributed by atoms with Crippen molar-refractivity contribution in [2.75, 3.05) is 0 Å². The molecule has 0 aromatic heterocycles. The molecule has 0 saturated heterocycles. The smallest absolute Gasteiger partial charge is 0.335 e. The Morgan fingerprint density at radius 3 is 2.31 bits per heavy atom. The van der Waals surface area contributed by atoms with E-state index in [1.54, 1.807) is 18.2 Å². The monoisotopic (exact) mass is 559 g/mol. The lowest BCUT2D eigenvalue weighted by atomic mass is 10.0. The molecule has 0 saturated carbocycles. The van der Waals surface area contributed by atoms with Crippen LogP contribution in [0.5, 0.6) is 5.75 Å². The van der Waals surface area contributed by atoms with E-state index in [4.69, 9.17) is 9.84 Å². The Balaban J connectivity index is 1.76. The summed E-state index contributed by atoms with van der Waals surface area (Å²) in [5.74, 6) is -0.284. The molecule has 29 heavy (non-hydrogen) atoms. The molecule has 0 amide bonds. The van der Waals surface area contributed by atoms with Crippen LogP contribution in [0.15, 0.2) is 71.2 Å². The molecule has 3 rings (SSSR count). The topological polar surface area (TPSA) is 70.3 Å². The molecule has 0 fully saturated rings. The number of carboxylic acids is 1. The Kier molecular flexibility index (Phi) is 7.07. The van der Waals surface area contributed by atoms with Crippen LogP contribution in [0.3, 0.4) is 0 Å². The van der Waals surface area contributed by atoms with Gasteiger partial charge >= 0.3 is 5.97 Å². The number of halogens is 2. The highest BCUT2D eigenvalue weighted by molar-refractivity contribution is 14.1. The van der Waals surface area contributed by atoms with Gasteiger partial charge in [0.15, 0.2) is 0 Å². The minimum atomic E-state index is -0.996. The number of nitriles is 1. The number of allylic oxidation sites excluding steroid dienone is 1. The number of hydrogen-bond donors (Lipinski definition) is 1. The second-order valence-electron chi connectivity index (χ2n) is 6.16. The van der Waals surface area contributed by atoms with E-state index in [1.165, 1.54) is 15.7 Å². The number of carboxylic acid groups (broad SMARTS) is 1. The number of carbonyl (C=O) groups is 1. The molecular weight excluding hydrogens is 545 g/mol. The summed E-state index contributed by atoms with van der Waals surface area (Å²) in [6.45, 7) is 0.462. The maximum Gasteiger partial charge on any atom is 0.335 e. The van der Waals surface area contributed by atoms with E-state index < -0.39 is 5.97 Å². The van der Waals surface area contributed by atoms with Gasteiger partial charge in [-0.05, 0) is 97.7 Å². The maximum atomic E-state index is 11.0. The van der Waals surface area contributed by atoms with Gasteiger partial charge in [-0.15, -0.1) is 0 Å². The lowest BCUT2D eigenvalue weighted by molar-refractivity contribution is 0.0697. The molecule has 0 spiro atoms. The summed E-state index contributed by atoms with van der Waals surface area (Å²) in [4.78, 5) is 11.0. The molecule has 0 aliphatic rings. The third kappa shape index (κ3) is 5.68. The molecule has 0 radical (unpaired) electrons. The second-order valence-corrected chi connectivity index (χ2v) is 8.26. The molecule has 0 aliphatic heterocycles. The Morgan fingerprint density at radius 1 is 1.07 bits per heavy atom. The molecule has 0 aliphatic carbocycles. The van der Waals surface area contributed by atoms with Crippen molar-refractivity contribution in [3.63, 3.8) is 0 Å². The number of hydrogen-bond acceptors (Lipinski definition) is 3. The Morgan fingerprint density at radius 2 is 1.72 bits per heavy atom. The van der Waals surface area contributed by atoms with Gasteiger partial charge in [0.2, 0.25) is 0 Å². The fourth-order valence-corrected chi connectivity index (χ4v) is 3.48. The molecule has 3 aromatic rings. The molecule has 0 heterocycles. The van der Waals surface area contributed by atoms with Crippen molar-refractivity contribution in [2.24, 2.45) is 0 Å². The number of benzene rings is 3. The predicted octanol–water partition coefficient (Wildman–Crippen LogP) is 6.40. The standard InChI is InChI=1S/C23H15BrINO3/c24-21-12-16(3-10-22(21)29-14-15-1-8-20(25)9-2-15)11-19(13-26)17-4-6-18(7-5-17)23(27)28/h1-12H,14H2,(H,27,28)/b19-11-. The van der Waals surface area contributed by atoms with Crippen molar-refractivity contribution in [1.82, 2.24) is 0 Å². The largest absolute Gasteiger partial charge is 0.488 e. The van der Waals surface area contributed by atoms with Crippen molar-refractivity contribution in [2.45, 2.75) is 6.61 Å². The first-order chi connectivity index (χ1) is 14.0. The van der Waals surface area contributed by atoms with Gasteiger partial charge in [0.1, 0.15) is 12.4 Å². The van der Waals surface area contributed by atoms with Crippen molar-refractivity contribution < 1.29 is 14.6 Å². The average Bonchev–Trinajstić information content (AvgIpc) is 2.72. The molecule has 0 atom stereocenters. The normalized spacial score (nSPS) is 11.0. The van der Waals surface area contributed by atoms with Gasteiger partial charge in [-0.1, -0.05) is 30.3 Å². The Hall–Kier alpha value is -2.63. The van der Waals surface area contributed by atoms with Gasteiger partial charge in [-0.2, -0.15) is 5.26 Å². The van der Waals surface area contributed by atoms with Crippen LogP contribution in [-0.2, 0) is 6.61 Å². The summed E-state index contributed by atoms with van der Waals surface area (Å²) >= 11 is 5.79. The van der Waals surface area contributed by atoms with Crippen molar-refractivity contribution in [1.29, 1.82) is 5.26 Å². The van der Waals surface area contributed by atoms with Crippen LogP contribution in [0, 0.1) is 14.9 Å². The second kappa shape index (κ2) is 9.72. The van der Waals surface area contributed by atoms with Crippen LogP contribution >= 0.6 is 38.5 Å². The number of aromatic carboxylic acids is 1. The van der Waals surface area contributed by atoms with E-state index in [9.17, 15) is 10.1 Å². The lowest BCUT2D eigenvalue weighted by Gasteiger charge is -2.09. The van der Waals surface area contributed by atoms with Crippen LogP contribution in [0.1, 0.15) is 27.0 Å². The van der Waals surface area contributed by atoms with Gasteiger partial charge in [-0.3, -0.25) is 0 Å². The predicted molar refractivity (Wildman–Crippen MR) is 125 cm³/mol. The van der Waals surface area contributed by atoms with E-state index in [1.807, 2.05) is 42.5 Å². The average molecular weight is 560 g/mol. The molecule has 0 bridgehead atoms. The van der Waals surface area contributed by atoms with E-state index in [-0.39, 0.29) is 5.56 Å². The first-order valence-corrected chi connectivity index (χ1v) is 10.5. The van der Waals surface area contributed by atoms with Crippen LogP contribution in [0.4, 0.5) is 0 Å². The highest BCUT2D eigenvalue weighted by Gasteiger charge is 2.07. The number of ether oxygens (including phenoxy) is 1. The van der Waals surface area contributed by atoms with Gasteiger partial charge < -0.3 is 9.84 Å². The molecule has 144 valence electrons. The van der Waals surface area contributed by atoms with Gasteiger partial charge in [0.25, 0.3) is 0 Å². The summed E-state index contributed by atoms with van der Waals surface area (Å²) in [7, 11) is 0. The van der Waals surface area contributed by atoms with E-state index in [0.717, 1.165) is 15.6 Å². The van der Waals surface area contributed by atoms with Crippen LogP contribution < -0.4 is 4.74 Å². The highest BCUT2D eigenvalue weighted by atomic mass is 127. The quantitative estimate of drug-likeness (QED) is 0.216. The zero-order valence-electron chi connectivity index (χ0n) is 15.1. The number of nitrogens with zero attached hydrogens (tertiary/aromatic N) is 1. The lowest BCUT2D eigenvalue weighted by Crippen LogP contribution is -1.96. The summed E-state index contributed by atoms with van der Waals surface area (Å²) < 4.78 is 7.84. The summed E-state index contributed by atoms with van der Waals surface area (Å²) in [6, 6.07) is 22.1. The zero-order chi connectivity index (χ0) is 20.8. The van der Waals surface area contributed by atoms with Crippen LogP contribution in [0.25, 0.3) is 11.6 Å². The van der Waals surface area contributed by atoms with E-state index in [0.29, 0.717) is 23.5 Å². The molecule has 3 aromatic carbocycles. The van der Waals surface area contributed by atoms with E-state index >= 15 is 0 Å². The summed E-state index contributed by atoms with van der Waals surface area (Å²) in [5.41, 5.74) is 3.20. The first kappa shape index (κ1) is 21.1. The highest BCUT2D eigenvalue weighted by Crippen LogP contribution is 2.29. The fourth-order valence-electron chi connectivity index (χ4n) is 2.60. The third-order valence-electron chi connectivity index (χ3n) is 4.14. The molecule has 6 heteroatoms. The van der Waals surface area contributed by atoms with Crippen LogP contribution in [0.2, 0.25) is 0 Å². The van der Waals surface area contributed by atoms with Gasteiger partial charge in [-0.25, -0.2) is 4.79 Å². The molecular formula is C23H15BrINO3. The third-order valence-corrected chi connectivity index (χ3v) is 5.48. The number of rotatable bonds is 6.